The van der Waals surface area contributed by atoms with Crippen molar-refractivity contribution in [3.05, 3.63) is 54.0 Å². The number of nitrogens with zero attached hydrogens (tertiary/aromatic N) is 4. The molecule has 3 aromatic rings. The summed E-state index contributed by atoms with van der Waals surface area (Å²) in [6.07, 6.45) is 7.29. The van der Waals surface area contributed by atoms with Gasteiger partial charge in [0.25, 0.3) is 5.91 Å². The summed E-state index contributed by atoms with van der Waals surface area (Å²) >= 11 is 0. The smallest absolute Gasteiger partial charge is 0.252 e. The Balaban J connectivity index is 1.49. The van der Waals surface area contributed by atoms with Crippen molar-refractivity contribution in [3.63, 3.8) is 0 Å². The minimum Gasteiger partial charge on any atom is -0.370 e. The van der Waals surface area contributed by atoms with Crippen LogP contribution in [0.3, 0.4) is 0 Å². The summed E-state index contributed by atoms with van der Waals surface area (Å²) in [5.41, 5.74) is 3.69. The van der Waals surface area contributed by atoms with Gasteiger partial charge >= 0.3 is 0 Å². The second-order valence-electron chi connectivity index (χ2n) is 10.8. The molecule has 3 heterocycles. The molecule has 1 fully saturated rings. The van der Waals surface area contributed by atoms with E-state index in [2.05, 4.69) is 53.7 Å². The van der Waals surface area contributed by atoms with Crippen molar-refractivity contribution in [1.29, 1.82) is 0 Å². The molecule has 192 valence electrons. The molecule has 0 aliphatic carbocycles. The van der Waals surface area contributed by atoms with Gasteiger partial charge in [0.2, 0.25) is 5.95 Å². The maximum absolute atomic E-state index is 12.4. The highest BCUT2D eigenvalue weighted by Crippen LogP contribution is 2.40. The lowest BCUT2D eigenvalue weighted by Gasteiger charge is -2.45. The van der Waals surface area contributed by atoms with Gasteiger partial charge < -0.3 is 20.7 Å². The SMILES string of the molecule is CN[C@@H](C)NC(=O)c1ccc(-c2nc(Nc3cnn(C4CC(C)(C)OC(C)(C)C4)c3)ncc2C)cc1. The molecule has 1 atom stereocenters. The van der Waals surface area contributed by atoms with E-state index in [1.807, 2.05) is 49.0 Å². The molecule has 2 aromatic heterocycles. The molecule has 9 nitrogen and oxygen atoms in total. The highest BCUT2D eigenvalue weighted by molar-refractivity contribution is 5.94. The van der Waals surface area contributed by atoms with E-state index < -0.39 is 0 Å². The number of aromatic nitrogens is 4. The van der Waals surface area contributed by atoms with E-state index in [0.29, 0.717) is 11.5 Å². The first-order chi connectivity index (χ1) is 16.9. The summed E-state index contributed by atoms with van der Waals surface area (Å²) in [6, 6.07) is 7.68. The van der Waals surface area contributed by atoms with E-state index in [0.717, 1.165) is 35.3 Å². The third-order valence-corrected chi connectivity index (χ3v) is 6.41. The average Bonchev–Trinajstić information content (AvgIpc) is 3.27. The predicted octanol–water partition coefficient (Wildman–Crippen LogP) is 4.60. The molecule has 3 N–H and O–H groups in total. The number of anilines is 2. The number of carbonyl (C=O) groups excluding carboxylic acids is 1. The fourth-order valence-electron chi connectivity index (χ4n) is 4.88. The summed E-state index contributed by atoms with van der Waals surface area (Å²) in [5.74, 6) is 0.367. The number of benzene rings is 1. The molecule has 4 rings (SSSR count). The second kappa shape index (κ2) is 9.99. The van der Waals surface area contributed by atoms with Crippen molar-refractivity contribution >= 4 is 17.5 Å². The first kappa shape index (κ1) is 25.8. The van der Waals surface area contributed by atoms with E-state index in [4.69, 9.17) is 9.72 Å². The number of hydrogen-bond acceptors (Lipinski definition) is 7. The Morgan fingerprint density at radius 3 is 2.42 bits per heavy atom. The molecule has 0 spiro atoms. The maximum Gasteiger partial charge on any atom is 0.252 e. The van der Waals surface area contributed by atoms with Crippen LogP contribution in [0, 0.1) is 6.92 Å². The van der Waals surface area contributed by atoms with Gasteiger partial charge in [0.1, 0.15) is 0 Å². The van der Waals surface area contributed by atoms with Crippen molar-refractivity contribution < 1.29 is 9.53 Å². The Hall–Kier alpha value is -3.30. The summed E-state index contributed by atoms with van der Waals surface area (Å²) in [5, 5.41) is 13.8. The van der Waals surface area contributed by atoms with Gasteiger partial charge in [0.15, 0.2) is 0 Å². The number of amides is 1. The van der Waals surface area contributed by atoms with Crippen LogP contribution in [0.4, 0.5) is 11.6 Å². The van der Waals surface area contributed by atoms with Gasteiger partial charge in [-0.25, -0.2) is 9.97 Å². The Morgan fingerprint density at radius 2 is 1.78 bits per heavy atom. The van der Waals surface area contributed by atoms with Crippen LogP contribution in [0.15, 0.2) is 42.9 Å². The third kappa shape index (κ3) is 6.09. The fourth-order valence-corrected chi connectivity index (χ4v) is 4.88. The number of ether oxygens (including phenoxy) is 1. The largest absolute Gasteiger partial charge is 0.370 e. The highest BCUT2D eigenvalue weighted by Gasteiger charge is 2.40. The number of aryl methyl sites for hydroxylation is 1. The van der Waals surface area contributed by atoms with E-state index in [-0.39, 0.29) is 29.3 Å². The summed E-state index contributed by atoms with van der Waals surface area (Å²) < 4.78 is 8.24. The van der Waals surface area contributed by atoms with Crippen molar-refractivity contribution in [2.45, 2.75) is 77.8 Å². The maximum atomic E-state index is 12.4. The van der Waals surface area contributed by atoms with Gasteiger partial charge in [0, 0.05) is 23.5 Å². The lowest BCUT2D eigenvalue weighted by Crippen LogP contribution is -2.45. The molecule has 36 heavy (non-hydrogen) atoms. The van der Waals surface area contributed by atoms with Gasteiger partial charge in [-0.1, -0.05) is 12.1 Å². The number of rotatable bonds is 7. The molecule has 0 unspecified atom stereocenters. The standard InChI is InChI=1S/C27H37N7O2/c1-17-14-29-25(33-23(17)19-8-10-20(11-9-19)24(35)31-18(2)28-7)32-21-15-30-34(16-21)22-12-26(3,4)36-27(5,6)13-22/h8-11,14-16,18,22,28H,12-13H2,1-7H3,(H,31,35)(H,29,32,33)/t18-/m1/s1. The Labute approximate surface area is 213 Å². The van der Waals surface area contributed by atoms with Crippen LogP contribution in [0.5, 0.6) is 0 Å². The van der Waals surface area contributed by atoms with Gasteiger partial charge in [-0.2, -0.15) is 5.10 Å². The van der Waals surface area contributed by atoms with E-state index in [9.17, 15) is 4.79 Å². The van der Waals surface area contributed by atoms with Crippen LogP contribution in [0.1, 0.15) is 69.4 Å². The zero-order valence-corrected chi connectivity index (χ0v) is 22.2. The first-order valence-electron chi connectivity index (χ1n) is 12.4. The minimum absolute atomic E-state index is 0.108. The van der Waals surface area contributed by atoms with Crippen molar-refractivity contribution in [2.75, 3.05) is 12.4 Å². The molecule has 1 aliphatic rings. The molecule has 1 amide bonds. The lowest BCUT2D eigenvalue weighted by molar-refractivity contribution is -0.170. The monoisotopic (exact) mass is 491 g/mol. The summed E-state index contributed by atoms with van der Waals surface area (Å²) in [7, 11) is 1.80. The van der Waals surface area contributed by atoms with Crippen LogP contribution in [0.25, 0.3) is 11.3 Å². The van der Waals surface area contributed by atoms with Crippen LogP contribution >= 0.6 is 0 Å². The minimum atomic E-state index is -0.206. The van der Waals surface area contributed by atoms with E-state index in [1.54, 1.807) is 19.4 Å². The van der Waals surface area contributed by atoms with Crippen LogP contribution in [-0.2, 0) is 4.74 Å². The zero-order valence-electron chi connectivity index (χ0n) is 22.2. The Morgan fingerprint density at radius 1 is 1.11 bits per heavy atom. The molecule has 0 saturated carbocycles. The van der Waals surface area contributed by atoms with E-state index >= 15 is 0 Å². The molecule has 1 saturated heterocycles. The molecule has 0 bridgehead atoms. The van der Waals surface area contributed by atoms with Gasteiger partial charge in [-0.15, -0.1) is 0 Å². The normalized spacial score (nSPS) is 18.0. The van der Waals surface area contributed by atoms with Gasteiger partial charge in [0.05, 0.1) is 41.0 Å². The molecular weight excluding hydrogens is 454 g/mol. The fraction of sp³-hybridized carbons (Fsp3) is 0.481. The van der Waals surface area contributed by atoms with Gasteiger partial charge in [-0.3, -0.25) is 9.48 Å². The Bertz CT molecular complexity index is 1200. The molecule has 1 aromatic carbocycles. The molecule has 1 aliphatic heterocycles. The van der Waals surface area contributed by atoms with Crippen molar-refractivity contribution in [2.24, 2.45) is 0 Å². The van der Waals surface area contributed by atoms with Crippen LogP contribution < -0.4 is 16.0 Å². The van der Waals surface area contributed by atoms with Crippen molar-refractivity contribution in [1.82, 2.24) is 30.4 Å². The highest BCUT2D eigenvalue weighted by atomic mass is 16.5. The first-order valence-corrected chi connectivity index (χ1v) is 12.4. The second-order valence-corrected chi connectivity index (χ2v) is 10.8. The quantitative estimate of drug-likeness (QED) is 0.415. The summed E-state index contributed by atoms with van der Waals surface area (Å²) in [6.45, 7) is 12.4. The molecule has 9 heteroatoms. The molecular formula is C27H37N7O2. The number of carbonyl (C=O) groups is 1. The average molecular weight is 492 g/mol. The topological polar surface area (TPSA) is 106 Å². The summed E-state index contributed by atoms with van der Waals surface area (Å²) in [4.78, 5) is 21.6. The third-order valence-electron chi connectivity index (χ3n) is 6.41. The number of nitrogens with one attached hydrogen (secondary N) is 3. The van der Waals surface area contributed by atoms with Crippen LogP contribution in [0.2, 0.25) is 0 Å². The van der Waals surface area contributed by atoms with Gasteiger partial charge in [-0.05, 0) is 79.1 Å². The number of hydrogen-bond donors (Lipinski definition) is 3. The molecule has 0 radical (unpaired) electrons. The lowest BCUT2D eigenvalue weighted by atomic mass is 9.85. The van der Waals surface area contributed by atoms with Crippen molar-refractivity contribution in [3.8, 4) is 11.3 Å². The predicted molar refractivity (Wildman–Crippen MR) is 141 cm³/mol. The Kier molecular flexibility index (Phi) is 7.15. The zero-order chi connectivity index (χ0) is 26.1. The van der Waals surface area contributed by atoms with Crippen LogP contribution in [-0.4, -0.2) is 50.1 Å². The van der Waals surface area contributed by atoms with E-state index in [1.165, 1.54) is 0 Å².